The molecule has 1 heterocycles. The summed E-state index contributed by atoms with van der Waals surface area (Å²) in [4.78, 5) is 53.1. The highest BCUT2D eigenvalue weighted by Gasteiger charge is 2.70. The SMILES string of the molecule is COc1ccc(-n2c(=O)cc([C@@]34CC[C@]5(C)[C@H](CC[C@@H]6[C@@]7(C)CC[C@H](OC(=O)CC(C)(C)C(=O)O)C(C)(C)[C@@H]7CC[C@]65C)C3=C(C(C)C)C(=O)C4)n2C)cc1. The Morgan fingerprint density at radius 1 is 0.909 bits per heavy atom. The van der Waals surface area contributed by atoms with E-state index in [1.54, 1.807) is 31.7 Å². The molecule has 4 saturated carbocycles. The van der Waals surface area contributed by atoms with Crippen molar-refractivity contribution >= 4 is 17.7 Å². The Hall–Kier alpha value is -3.62. The fourth-order valence-corrected chi connectivity index (χ4v) is 13.8. The van der Waals surface area contributed by atoms with Gasteiger partial charge in [-0.05, 0) is 141 Å². The van der Waals surface area contributed by atoms with Gasteiger partial charge in [-0.1, -0.05) is 48.5 Å². The Labute approximate surface area is 327 Å². The molecule has 0 radical (unpaired) electrons. The van der Waals surface area contributed by atoms with E-state index in [2.05, 4.69) is 48.5 Å². The largest absolute Gasteiger partial charge is 0.497 e. The second-order valence-corrected chi connectivity index (χ2v) is 20.4. The molecule has 9 nitrogen and oxygen atoms in total. The van der Waals surface area contributed by atoms with Gasteiger partial charge in [0.1, 0.15) is 11.9 Å². The minimum atomic E-state index is -1.17. The zero-order valence-electron chi connectivity index (χ0n) is 35.1. The smallest absolute Gasteiger partial charge is 0.309 e. The Morgan fingerprint density at radius 2 is 1.58 bits per heavy atom. The lowest BCUT2D eigenvalue weighted by atomic mass is 9.33. The van der Waals surface area contributed by atoms with Crippen molar-refractivity contribution in [3.05, 3.63) is 57.5 Å². The van der Waals surface area contributed by atoms with E-state index in [4.69, 9.17) is 9.47 Å². The number of hydrogen-bond acceptors (Lipinski definition) is 6. The van der Waals surface area contributed by atoms with E-state index < -0.39 is 22.8 Å². The van der Waals surface area contributed by atoms with Crippen molar-refractivity contribution in [3.63, 3.8) is 0 Å². The van der Waals surface area contributed by atoms with E-state index in [1.165, 1.54) is 5.57 Å². The highest BCUT2D eigenvalue weighted by atomic mass is 16.5. The number of methoxy groups -OCH3 is 1. The molecular formula is C46H64N2O7. The molecule has 7 rings (SSSR count). The third kappa shape index (κ3) is 5.58. The number of aliphatic carboxylic acids is 1. The van der Waals surface area contributed by atoms with Crippen molar-refractivity contribution in [1.82, 2.24) is 9.36 Å². The van der Waals surface area contributed by atoms with Gasteiger partial charge in [0, 0.05) is 30.4 Å². The van der Waals surface area contributed by atoms with Crippen LogP contribution in [-0.2, 0) is 31.6 Å². The van der Waals surface area contributed by atoms with Gasteiger partial charge < -0.3 is 14.6 Å². The van der Waals surface area contributed by atoms with Gasteiger partial charge >= 0.3 is 11.9 Å². The van der Waals surface area contributed by atoms with Crippen molar-refractivity contribution in [2.75, 3.05) is 7.11 Å². The zero-order chi connectivity index (χ0) is 40.3. The van der Waals surface area contributed by atoms with Gasteiger partial charge in [0.15, 0.2) is 5.78 Å². The predicted molar refractivity (Wildman–Crippen MR) is 212 cm³/mol. The highest BCUT2D eigenvalue weighted by Crippen LogP contribution is 2.76. The number of carboxylic acid groups (broad SMARTS) is 1. The molecule has 0 unspecified atom stereocenters. The maximum Gasteiger partial charge on any atom is 0.309 e. The quantitative estimate of drug-likeness (QED) is 0.268. The van der Waals surface area contributed by atoms with E-state index in [9.17, 15) is 24.3 Å². The van der Waals surface area contributed by atoms with Gasteiger partial charge in [-0.15, -0.1) is 0 Å². The summed E-state index contributed by atoms with van der Waals surface area (Å²) in [5.41, 5.74) is 2.01. The molecule has 0 saturated heterocycles. The van der Waals surface area contributed by atoms with Crippen LogP contribution in [-0.4, -0.2) is 45.4 Å². The number of ether oxygens (including phenoxy) is 2. The number of esters is 1. The molecule has 8 atom stereocenters. The molecular weight excluding hydrogens is 693 g/mol. The van der Waals surface area contributed by atoms with Gasteiger partial charge in [-0.3, -0.25) is 23.9 Å². The number of benzene rings is 1. The molecule has 9 heteroatoms. The molecule has 55 heavy (non-hydrogen) atoms. The van der Waals surface area contributed by atoms with Crippen LogP contribution in [0.5, 0.6) is 5.75 Å². The van der Waals surface area contributed by atoms with Gasteiger partial charge in [0.2, 0.25) is 0 Å². The fraction of sp³-hybridized carbons (Fsp3) is 0.696. The molecule has 4 fully saturated rings. The van der Waals surface area contributed by atoms with Crippen molar-refractivity contribution in [2.24, 2.45) is 57.8 Å². The summed E-state index contributed by atoms with van der Waals surface area (Å²) >= 11 is 0. The Balaban J connectivity index is 1.23. The normalized spacial score (nSPS) is 35.5. The molecule has 0 spiro atoms. The lowest BCUT2D eigenvalue weighted by Crippen LogP contribution is -2.66. The van der Waals surface area contributed by atoms with Gasteiger partial charge in [-0.25, -0.2) is 4.68 Å². The predicted octanol–water partition coefficient (Wildman–Crippen LogP) is 8.83. The Morgan fingerprint density at radius 3 is 2.20 bits per heavy atom. The van der Waals surface area contributed by atoms with E-state index in [-0.39, 0.29) is 57.4 Å². The number of carbonyl (C=O) groups excluding carboxylic acids is 2. The summed E-state index contributed by atoms with van der Waals surface area (Å²) < 4.78 is 15.3. The summed E-state index contributed by atoms with van der Waals surface area (Å²) in [5.74, 6) is 0.688. The van der Waals surface area contributed by atoms with Crippen LogP contribution in [0.25, 0.3) is 5.69 Å². The first-order valence-corrected chi connectivity index (χ1v) is 20.7. The first kappa shape index (κ1) is 39.6. The minimum Gasteiger partial charge on any atom is -0.497 e. The lowest BCUT2D eigenvalue weighted by molar-refractivity contribution is -0.232. The van der Waals surface area contributed by atoms with Gasteiger partial charge in [0.05, 0.1) is 30.3 Å². The van der Waals surface area contributed by atoms with Crippen LogP contribution in [0.15, 0.2) is 46.3 Å². The van der Waals surface area contributed by atoms with Crippen molar-refractivity contribution < 1.29 is 29.0 Å². The number of carboxylic acids is 1. The number of rotatable bonds is 8. The average Bonchev–Trinajstić information content (AvgIpc) is 3.58. The highest BCUT2D eigenvalue weighted by molar-refractivity contribution is 6.01. The van der Waals surface area contributed by atoms with E-state index in [0.717, 1.165) is 74.1 Å². The molecule has 1 N–H and O–H groups in total. The summed E-state index contributed by atoms with van der Waals surface area (Å²) in [6.07, 6.45) is 7.75. The fourth-order valence-electron chi connectivity index (χ4n) is 13.8. The molecule has 0 aliphatic heterocycles. The Kier molecular flexibility index (Phi) is 9.33. The first-order valence-electron chi connectivity index (χ1n) is 20.7. The molecule has 2 aromatic rings. The monoisotopic (exact) mass is 756 g/mol. The molecule has 1 aromatic heterocycles. The summed E-state index contributed by atoms with van der Waals surface area (Å²) in [6.45, 7) is 19.6. The standard InChI is InChI=1S/C46H64N2O7/c1-27(2)38-31(49)25-46(34-24-36(50)48(47(34)10)28-12-14-29(54-11)15-13-28)23-22-44(8)30(39(38)46)16-17-33-43(7)20-19-35(55-37(51)26-41(3,4)40(52)53)42(5,6)32(43)18-21-45(33,44)9/h12-15,24,27,30,32-33,35H,16-23,25-26H2,1-11H3,(H,52,53)/t30-,32+,33-,35+,43+,44-,45-,46+/m1/s1. The maximum atomic E-state index is 14.3. The molecule has 1 aromatic carbocycles. The van der Waals surface area contributed by atoms with Crippen LogP contribution in [0.3, 0.4) is 0 Å². The van der Waals surface area contributed by atoms with Gasteiger partial charge in [0.25, 0.3) is 5.56 Å². The van der Waals surface area contributed by atoms with Crippen molar-refractivity contribution in [3.8, 4) is 11.4 Å². The number of nitrogens with zero attached hydrogens (tertiary/aromatic N) is 2. The van der Waals surface area contributed by atoms with E-state index in [0.29, 0.717) is 18.3 Å². The summed E-state index contributed by atoms with van der Waals surface area (Å²) in [6, 6.07) is 9.37. The van der Waals surface area contributed by atoms with Gasteiger partial charge in [-0.2, -0.15) is 0 Å². The minimum absolute atomic E-state index is 0.0278. The third-order valence-electron chi connectivity index (χ3n) is 16.7. The summed E-state index contributed by atoms with van der Waals surface area (Å²) in [7, 11) is 3.61. The molecule has 0 bridgehead atoms. The molecule has 0 amide bonds. The number of ketones is 1. The maximum absolute atomic E-state index is 14.3. The Bertz CT molecular complexity index is 2000. The molecule has 300 valence electrons. The number of allylic oxidation sites excluding steroid dienone is 2. The van der Waals surface area contributed by atoms with Crippen LogP contribution in [0.4, 0.5) is 0 Å². The number of aromatic nitrogens is 2. The summed E-state index contributed by atoms with van der Waals surface area (Å²) in [5, 5.41) is 9.64. The second-order valence-electron chi connectivity index (χ2n) is 20.4. The van der Waals surface area contributed by atoms with Crippen LogP contribution in [0, 0.1) is 50.7 Å². The van der Waals surface area contributed by atoms with Crippen LogP contribution < -0.4 is 10.3 Å². The van der Waals surface area contributed by atoms with Crippen molar-refractivity contribution in [2.45, 2.75) is 138 Å². The first-order chi connectivity index (χ1) is 25.6. The van der Waals surface area contributed by atoms with E-state index in [1.807, 2.05) is 36.0 Å². The molecule has 5 aliphatic carbocycles. The third-order valence-corrected chi connectivity index (χ3v) is 16.7. The second kappa shape index (κ2) is 13.0. The zero-order valence-corrected chi connectivity index (χ0v) is 35.1. The average molecular weight is 757 g/mol. The van der Waals surface area contributed by atoms with Crippen LogP contribution >= 0.6 is 0 Å². The molecule has 5 aliphatic rings. The number of Topliss-reactive ketones (excluding diaryl/α,β-unsaturated/α-hetero) is 1. The number of fused-ring (bicyclic) bond motifs is 7. The van der Waals surface area contributed by atoms with Crippen LogP contribution in [0.1, 0.15) is 132 Å². The number of hydrogen-bond donors (Lipinski definition) is 1. The van der Waals surface area contributed by atoms with E-state index >= 15 is 0 Å². The van der Waals surface area contributed by atoms with Crippen molar-refractivity contribution in [1.29, 1.82) is 0 Å². The topological polar surface area (TPSA) is 117 Å². The lowest BCUT2D eigenvalue weighted by Gasteiger charge is -2.72. The number of carbonyl (C=O) groups is 3. The van der Waals surface area contributed by atoms with Crippen LogP contribution in [0.2, 0.25) is 0 Å².